The molecule has 1 unspecified atom stereocenters. The van der Waals surface area contributed by atoms with E-state index in [1.165, 1.54) is 17.3 Å². The van der Waals surface area contributed by atoms with Crippen LogP contribution < -0.4 is 10.2 Å². The zero-order valence-corrected chi connectivity index (χ0v) is 14.4. The predicted octanol–water partition coefficient (Wildman–Crippen LogP) is 2.45. The molecule has 2 heterocycles. The molecule has 0 radical (unpaired) electrons. The van der Waals surface area contributed by atoms with Gasteiger partial charge in [0.1, 0.15) is 0 Å². The van der Waals surface area contributed by atoms with Crippen molar-refractivity contribution in [3.8, 4) is 0 Å². The molecule has 20 heavy (non-hydrogen) atoms. The van der Waals surface area contributed by atoms with E-state index in [1.807, 2.05) is 24.1 Å². The SMILES string of the molecule is CCN(C(C)=O)c1nc(CNCC2CSCCS2)cs1. The summed E-state index contributed by atoms with van der Waals surface area (Å²) in [6, 6.07) is 0. The zero-order chi connectivity index (χ0) is 14.4. The van der Waals surface area contributed by atoms with Crippen LogP contribution in [0.3, 0.4) is 0 Å². The van der Waals surface area contributed by atoms with Gasteiger partial charge in [-0.1, -0.05) is 0 Å². The molecule has 0 saturated carbocycles. The van der Waals surface area contributed by atoms with Crippen molar-refractivity contribution in [1.82, 2.24) is 10.3 Å². The van der Waals surface area contributed by atoms with Crippen LogP contribution in [0, 0.1) is 0 Å². The van der Waals surface area contributed by atoms with Gasteiger partial charge in [-0.25, -0.2) is 4.98 Å². The molecule has 0 bridgehead atoms. The highest BCUT2D eigenvalue weighted by molar-refractivity contribution is 8.06. The maximum Gasteiger partial charge on any atom is 0.225 e. The summed E-state index contributed by atoms with van der Waals surface area (Å²) in [6.07, 6.45) is 0. The van der Waals surface area contributed by atoms with Gasteiger partial charge in [0.15, 0.2) is 5.13 Å². The van der Waals surface area contributed by atoms with E-state index >= 15 is 0 Å². The number of nitrogens with one attached hydrogen (secondary N) is 1. The van der Waals surface area contributed by atoms with Gasteiger partial charge in [-0.15, -0.1) is 11.3 Å². The first kappa shape index (κ1) is 16.1. The highest BCUT2D eigenvalue weighted by atomic mass is 32.2. The van der Waals surface area contributed by atoms with Crippen LogP contribution >= 0.6 is 34.9 Å². The molecule has 1 aromatic heterocycles. The summed E-state index contributed by atoms with van der Waals surface area (Å²) < 4.78 is 0. The lowest BCUT2D eigenvalue weighted by Gasteiger charge is -2.20. The van der Waals surface area contributed by atoms with Crippen LogP contribution in [0.15, 0.2) is 5.38 Å². The lowest BCUT2D eigenvalue weighted by molar-refractivity contribution is -0.116. The average Bonchev–Trinajstić information content (AvgIpc) is 2.89. The molecule has 1 N–H and O–H groups in total. The fourth-order valence-corrected chi connectivity index (χ4v) is 5.59. The van der Waals surface area contributed by atoms with Gasteiger partial charge >= 0.3 is 0 Å². The number of thioether (sulfide) groups is 2. The molecule has 1 amide bonds. The fraction of sp³-hybridized carbons (Fsp3) is 0.692. The minimum Gasteiger partial charge on any atom is -0.310 e. The van der Waals surface area contributed by atoms with E-state index in [1.54, 1.807) is 23.2 Å². The lowest BCUT2D eigenvalue weighted by atomic mass is 10.4. The summed E-state index contributed by atoms with van der Waals surface area (Å²) >= 11 is 5.65. The van der Waals surface area contributed by atoms with Gasteiger partial charge in [0, 0.05) is 54.4 Å². The van der Waals surface area contributed by atoms with E-state index in [2.05, 4.69) is 22.1 Å². The molecular formula is C13H21N3OS3. The van der Waals surface area contributed by atoms with E-state index in [4.69, 9.17) is 0 Å². The maximum atomic E-state index is 11.5. The van der Waals surface area contributed by atoms with Crippen molar-refractivity contribution in [2.45, 2.75) is 25.6 Å². The monoisotopic (exact) mass is 331 g/mol. The topological polar surface area (TPSA) is 45.2 Å². The van der Waals surface area contributed by atoms with Crippen molar-refractivity contribution in [2.24, 2.45) is 0 Å². The minimum absolute atomic E-state index is 0.0528. The molecule has 2 rings (SSSR count). The molecule has 1 aromatic rings. The largest absolute Gasteiger partial charge is 0.310 e. The van der Waals surface area contributed by atoms with Crippen molar-refractivity contribution in [2.75, 3.05) is 35.2 Å². The first-order chi connectivity index (χ1) is 9.70. The quantitative estimate of drug-likeness (QED) is 0.867. The van der Waals surface area contributed by atoms with Crippen LogP contribution in [0.2, 0.25) is 0 Å². The molecule has 1 fully saturated rings. The smallest absolute Gasteiger partial charge is 0.225 e. The number of amides is 1. The molecule has 0 aliphatic carbocycles. The van der Waals surface area contributed by atoms with Crippen LogP contribution in [0.25, 0.3) is 0 Å². The van der Waals surface area contributed by atoms with Gasteiger partial charge < -0.3 is 5.32 Å². The van der Waals surface area contributed by atoms with Gasteiger partial charge in [0.05, 0.1) is 5.69 Å². The van der Waals surface area contributed by atoms with Crippen molar-refractivity contribution in [3.63, 3.8) is 0 Å². The molecular weight excluding hydrogens is 310 g/mol. The Balaban J connectivity index is 1.78. The Bertz CT molecular complexity index is 432. The Kier molecular flexibility index (Phi) is 6.67. The Morgan fingerprint density at radius 3 is 3.05 bits per heavy atom. The van der Waals surface area contributed by atoms with E-state index in [0.717, 1.165) is 29.2 Å². The number of carbonyl (C=O) groups excluding carboxylic acids is 1. The standard InChI is InChI=1S/C13H21N3OS3/c1-3-16(10(2)17)13-15-11(8-20-13)6-14-7-12-9-18-4-5-19-12/h8,12,14H,3-7,9H2,1-2H3. The van der Waals surface area contributed by atoms with Crippen LogP contribution in [0.5, 0.6) is 0 Å². The van der Waals surface area contributed by atoms with Crippen LogP contribution in [0.1, 0.15) is 19.5 Å². The van der Waals surface area contributed by atoms with E-state index < -0.39 is 0 Å². The summed E-state index contributed by atoms with van der Waals surface area (Å²) in [5.74, 6) is 3.85. The van der Waals surface area contributed by atoms with E-state index in [-0.39, 0.29) is 5.91 Å². The summed E-state index contributed by atoms with van der Waals surface area (Å²) in [5, 5.41) is 7.04. The van der Waals surface area contributed by atoms with E-state index in [0.29, 0.717) is 6.54 Å². The second-order valence-electron chi connectivity index (χ2n) is 4.58. The Morgan fingerprint density at radius 2 is 2.40 bits per heavy atom. The minimum atomic E-state index is 0.0528. The number of thiazole rings is 1. The van der Waals surface area contributed by atoms with Gasteiger partial charge in [0.25, 0.3) is 0 Å². The molecule has 1 aliphatic heterocycles. The molecule has 0 aromatic carbocycles. The molecule has 1 aliphatic rings. The first-order valence-corrected chi connectivity index (χ1v) is 9.91. The Labute approximate surface area is 133 Å². The summed E-state index contributed by atoms with van der Waals surface area (Å²) in [7, 11) is 0. The summed E-state index contributed by atoms with van der Waals surface area (Å²) in [5.41, 5.74) is 1.03. The third-order valence-corrected chi connectivity index (χ3v) is 6.79. The highest BCUT2D eigenvalue weighted by Gasteiger charge is 2.15. The van der Waals surface area contributed by atoms with Crippen LogP contribution in [-0.2, 0) is 11.3 Å². The molecule has 1 atom stereocenters. The van der Waals surface area contributed by atoms with Gasteiger partial charge in [-0.2, -0.15) is 23.5 Å². The number of hydrogen-bond donors (Lipinski definition) is 1. The molecule has 1 saturated heterocycles. The highest BCUT2D eigenvalue weighted by Crippen LogP contribution is 2.24. The number of carbonyl (C=O) groups is 1. The third kappa shape index (κ3) is 4.65. The van der Waals surface area contributed by atoms with E-state index in [9.17, 15) is 4.79 Å². The number of nitrogens with zero attached hydrogens (tertiary/aromatic N) is 2. The van der Waals surface area contributed by atoms with Gasteiger partial charge in [0.2, 0.25) is 5.91 Å². The summed E-state index contributed by atoms with van der Waals surface area (Å²) in [6.45, 7) is 6.05. The molecule has 7 heteroatoms. The predicted molar refractivity (Wildman–Crippen MR) is 91.1 cm³/mol. The molecule has 0 spiro atoms. The number of hydrogen-bond acceptors (Lipinski definition) is 6. The second kappa shape index (κ2) is 8.26. The second-order valence-corrected chi connectivity index (χ2v) is 7.98. The lowest BCUT2D eigenvalue weighted by Crippen LogP contribution is -2.29. The van der Waals surface area contributed by atoms with Crippen molar-refractivity contribution >= 4 is 45.9 Å². The normalized spacial score (nSPS) is 19.0. The zero-order valence-electron chi connectivity index (χ0n) is 11.9. The third-order valence-electron chi connectivity index (χ3n) is 3.03. The number of rotatable bonds is 6. The summed E-state index contributed by atoms with van der Waals surface area (Å²) in [4.78, 5) is 17.7. The van der Waals surface area contributed by atoms with Crippen LogP contribution in [0.4, 0.5) is 5.13 Å². The Morgan fingerprint density at radius 1 is 1.55 bits per heavy atom. The average molecular weight is 332 g/mol. The van der Waals surface area contributed by atoms with Crippen molar-refractivity contribution in [3.05, 3.63) is 11.1 Å². The van der Waals surface area contributed by atoms with Gasteiger partial charge in [-0.3, -0.25) is 9.69 Å². The Hall–Kier alpha value is -0.240. The van der Waals surface area contributed by atoms with Crippen molar-refractivity contribution < 1.29 is 4.79 Å². The first-order valence-electron chi connectivity index (χ1n) is 6.83. The number of aromatic nitrogens is 1. The van der Waals surface area contributed by atoms with Crippen LogP contribution in [-0.4, -0.2) is 46.5 Å². The molecule has 112 valence electrons. The molecule has 4 nitrogen and oxygen atoms in total. The fourth-order valence-electron chi connectivity index (χ4n) is 2.01. The number of anilines is 1. The van der Waals surface area contributed by atoms with Gasteiger partial charge in [-0.05, 0) is 6.92 Å². The van der Waals surface area contributed by atoms with Crippen molar-refractivity contribution in [1.29, 1.82) is 0 Å². The maximum absolute atomic E-state index is 11.5.